The van der Waals surface area contributed by atoms with Crippen molar-refractivity contribution in [1.82, 2.24) is 9.80 Å². The quantitative estimate of drug-likeness (QED) is 0.900. The first-order valence-corrected chi connectivity index (χ1v) is 8.67. The molecule has 3 heteroatoms. The second-order valence-electron chi connectivity index (χ2n) is 7.05. The van der Waals surface area contributed by atoms with Gasteiger partial charge in [-0.1, -0.05) is 24.6 Å². The highest BCUT2D eigenvalue weighted by molar-refractivity contribution is 5.53. The molecular formula is C18H27N3. The van der Waals surface area contributed by atoms with Crippen LogP contribution in [-0.2, 0) is 6.42 Å². The third kappa shape index (κ3) is 2.95. The SMILES string of the molecule is c1ccc2c(c1)CC(CN1CCN3CCCCC3C1)CN2. The van der Waals surface area contributed by atoms with Gasteiger partial charge in [0.15, 0.2) is 0 Å². The van der Waals surface area contributed by atoms with E-state index in [0.29, 0.717) is 0 Å². The van der Waals surface area contributed by atoms with E-state index in [1.165, 1.54) is 69.7 Å². The maximum Gasteiger partial charge on any atom is 0.0372 e. The largest absolute Gasteiger partial charge is 0.384 e. The second-order valence-corrected chi connectivity index (χ2v) is 7.05. The summed E-state index contributed by atoms with van der Waals surface area (Å²) in [6.45, 7) is 7.62. The number of benzene rings is 1. The first kappa shape index (κ1) is 13.6. The minimum atomic E-state index is 0.773. The molecule has 3 aliphatic rings. The number of piperazine rings is 1. The summed E-state index contributed by atoms with van der Waals surface area (Å²) in [5.74, 6) is 0.773. The fourth-order valence-corrected chi connectivity index (χ4v) is 4.39. The van der Waals surface area contributed by atoms with Gasteiger partial charge in [0, 0.05) is 44.5 Å². The van der Waals surface area contributed by atoms with Gasteiger partial charge in [-0.05, 0) is 43.4 Å². The van der Waals surface area contributed by atoms with Crippen molar-refractivity contribution >= 4 is 5.69 Å². The van der Waals surface area contributed by atoms with Gasteiger partial charge in [0.2, 0.25) is 0 Å². The van der Waals surface area contributed by atoms with Gasteiger partial charge in [0.05, 0.1) is 0 Å². The van der Waals surface area contributed by atoms with Crippen LogP contribution >= 0.6 is 0 Å². The number of fused-ring (bicyclic) bond motifs is 2. The first-order chi connectivity index (χ1) is 10.4. The van der Waals surface area contributed by atoms with Crippen LogP contribution in [0, 0.1) is 5.92 Å². The van der Waals surface area contributed by atoms with Crippen LogP contribution in [-0.4, -0.2) is 55.1 Å². The Hall–Kier alpha value is -1.06. The minimum Gasteiger partial charge on any atom is -0.384 e. The molecule has 2 saturated heterocycles. The van der Waals surface area contributed by atoms with Crippen LogP contribution in [0.4, 0.5) is 5.69 Å². The average molecular weight is 285 g/mol. The van der Waals surface area contributed by atoms with E-state index >= 15 is 0 Å². The summed E-state index contributed by atoms with van der Waals surface area (Å²) in [5, 5.41) is 3.62. The molecule has 2 fully saturated rings. The van der Waals surface area contributed by atoms with Crippen molar-refractivity contribution in [2.75, 3.05) is 44.6 Å². The smallest absolute Gasteiger partial charge is 0.0372 e. The van der Waals surface area contributed by atoms with Gasteiger partial charge < -0.3 is 10.2 Å². The molecule has 1 N–H and O–H groups in total. The maximum absolute atomic E-state index is 3.62. The molecule has 1 aromatic carbocycles. The summed E-state index contributed by atoms with van der Waals surface area (Å²) in [6.07, 6.45) is 5.52. The van der Waals surface area contributed by atoms with E-state index in [0.717, 1.165) is 18.5 Å². The number of para-hydroxylation sites is 1. The summed E-state index contributed by atoms with van der Waals surface area (Å²) in [4.78, 5) is 5.46. The zero-order valence-corrected chi connectivity index (χ0v) is 12.9. The van der Waals surface area contributed by atoms with Gasteiger partial charge in [-0.3, -0.25) is 4.90 Å². The molecule has 2 unspecified atom stereocenters. The summed E-state index contributed by atoms with van der Waals surface area (Å²) < 4.78 is 0. The number of hydrogen-bond donors (Lipinski definition) is 1. The normalized spacial score (nSPS) is 30.3. The monoisotopic (exact) mass is 285 g/mol. The van der Waals surface area contributed by atoms with Crippen molar-refractivity contribution in [3.63, 3.8) is 0 Å². The highest BCUT2D eigenvalue weighted by Crippen LogP contribution is 2.26. The molecule has 4 rings (SSSR count). The van der Waals surface area contributed by atoms with E-state index in [1.807, 2.05) is 0 Å². The van der Waals surface area contributed by atoms with Crippen molar-refractivity contribution in [3.05, 3.63) is 29.8 Å². The lowest BCUT2D eigenvalue weighted by molar-refractivity contribution is 0.0424. The number of nitrogens with zero attached hydrogens (tertiary/aromatic N) is 2. The lowest BCUT2D eigenvalue weighted by Gasteiger charge is -2.45. The fraction of sp³-hybridized carbons (Fsp3) is 0.667. The molecule has 2 atom stereocenters. The third-order valence-electron chi connectivity index (χ3n) is 5.55. The Balaban J connectivity index is 1.35. The van der Waals surface area contributed by atoms with Gasteiger partial charge in [0.25, 0.3) is 0 Å². The topological polar surface area (TPSA) is 18.5 Å². The van der Waals surface area contributed by atoms with Crippen LogP contribution < -0.4 is 5.32 Å². The molecule has 0 bridgehead atoms. The molecule has 0 radical (unpaired) electrons. The summed E-state index contributed by atoms with van der Waals surface area (Å²) >= 11 is 0. The number of anilines is 1. The van der Waals surface area contributed by atoms with Gasteiger partial charge >= 0.3 is 0 Å². The van der Waals surface area contributed by atoms with Gasteiger partial charge in [-0.15, -0.1) is 0 Å². The molecule has 0 saturated carbocycles. The standard InChI is InChI=1S/C18H27N3/c1-2-7-18-16(5-1)11-15(12-19-18)13-20-9-10-21-8-4-3-6-17(21)14-20/h1-2,5,7,15,17,19H,3-4,6,8-14H2. The van der Waals surface area contributed by atoms with Crippen LogP contribution in [0.5, 0.6) is 0 Å². The lowest BCUT2D eigenvalue weighted by atomic mass is 9.92. The van der Waals surface area contributed by atoms with Crippen molar-refractivity contribution in [3.8, 4) is 0 Å². The molecule has 114 valence electrons. The molecule has 21 heavy (non-hydrogen) atoms. The lowest BCUT2D eigenvalue weighted by Crippen LogP contribution is -2.55. The second kappa shape index (κ2) is 5.98. The Morgan fingerprint density at radius 1 is 1.10 bits per heavy atom. The molecule has 0 spiro atoms. The van der Waals surface area contributed by atoms with Gasteiger partial charge in [0.1, 0.15) is 0 Å². The Morgan fingerprint density at radius 3 is 3.05 bits per heavy atom. The average Bonchev–Trinajstić information content (AvgIpc) is 2.55. The van der Waals surface area contributed by atoms with Crippen molar-refractivity contribution in [2.24, 2.45) is 5.92 Å². The molecule has 3 aliphatic heterocycles. The number of piperidine rings is 1. The summed E-state index contributed by atoms with van der Waals surface area (Å²) in [5.41, 5.74) is 2.86. The van der Waals surface area contributed by atoms with E-state index in [2.05, 4.69) is 39.4 Å². The highest BCUT2D eigenvalue weighted by atomic mass is 15.3. The van der Waals surface area contributed by atoms with Crippen molar-refractivity contribution in [2.45, 2.75) is 31.7 Å². The van der Waals surface area contributed by atoms with E-state index in [9.17, 15) is 0 Å². The fourth-order valence-electron chi connectivity index (χ4n) is 4.39. The van der Waals surface area contributed by atoms with Crippen molar-refractivity contribution in [1.29, 1.82) is 0 Å². The Morgan fingerprint density at radius 2 is 2.05 bits per heavy atom. The Labute approximate surface area is 128 Å². The predicted octanol–water partition coefficient (Wildman–Crippen LogP) is 2.44. The zero-order valence-electron chi connectivity index (χ0n) is 12.9. The van der Waals surface area contributed by atoms with Crippen LogP contribution in [0.25, 0.3) is 0 Å². The molecule has 3 heterocycles. The van der Waals surface area contributed by atoms with Crippen LogP contribution in [0.2, 0.25) is 0 Å². The van der Waals surface area contributed by atoms with Crippen LogP contribution in [0.15, 0.2) is 24.3 Å². The minimum absolute atomic E-state index is 0.773. The zero-order chi connectivity index (χ0) is 14.1. The number of hydrogen-bond acceptors (Lipinski definition) is 3. The van der Waals surface area contributed by atoms with Gasteiger partial charge in [-0.25, -0.2) is 0 Å². The van der Waals surface area contributed by atoms with E-state index in [4.69, 9.17) is 0 Å². The molecular weight excluding hydrogens is 258 g/mol. The van der Waals surface area contributed by atoms with E-state index in [-0.39, 0.29) is 0 Å². The summed E-state index contributed by atoms with van der Waals surface area (Å²) in [7, 11) is 0. The van der Waals surface area contributed by atoms with E-state index < -0.39 is 0 Å². The summed E-state index contributed by atoms with van der Waals surface area (Å²) in [6, 6.07) is 9.65. The van der Waals surface area contributed by atoms with Crippen molar-refractivity contribution < 1.29 is 0 Å². The van der Waals surface area contributed by atoms with Gasteiger partial charge in [-0.2, -0.15) is 0 Å². The number of rotatable bonds is 2. The Bertz CT molecular complexity index is 487. The first-order valence-electron chi connectivity index (χ1n) is 8.67. The predicted molar refractivity (Wildman–Crippen MR) is 87.8 cm³/mol. The van der Waals surface area contributed by atoms with Crippen LogP contribution in [0.3, 0.4) is 0 Å². The van der Waals surface area contributed by atoms with Crippen LogP contribution in [0.1, 0.15) is 24.8 Å². The third-order valence-corrected chi connectivity index (χ3v) is 5.55. The van der Waals surface area contributed by atoms with E-state index in [1.54, 1.807) is 0 Å². The molecule has 1 aromatic rings. The molecule has 0 amide bonds. The maximum atomic E-state index is 3.62. The molecule has 3 nitrogen and oxygen atoms in total. The molecule has 0 aromatic heterocycles. The molecule has 0 aliphatic carbocycles. The Kier molecular flexibility index (Phi) is 3.87. The number of nitrogens with one attached hydrogen (secondary N) is 1. The highest BCUT2D eigenvalue weighted by Gasteiger charge is 2.30.